The third-order valence-corrected chi connectivity index (χ3v) is 6.17. The number of ether oxygens (including phenoxy) is 2. The van der Waals surface area contributed by atoms with Crippen LogP contribution in [0.2, 0.25) is 5.02 Å². The van der Waals surface area contributed by atoms with E-state index in [1.165, 1.54) is 37.4 Å². The molecule has 4 rings (SSSR count). The minimum Gasteiger partial charge on any atom is -0.496 e. The summed E-state index contributed by atoms with van der Waals surface area (Å²) in [6.07, 6.45) is 0. The van der Waals surface area contributed by atoms with Gasteiger partial charge in [0, 0.05) is 6.07 Å². The molecule has 4 amide bonds. The van der Waals surface area contributed by atoms with Gasteiger partial charge in [0.05, 0.1) is 34.5 Å². The standard InChI is InChI=1S/C23H16ClN3O7S/c1-33-17-9-16(27-21(30)11-4-2-3-5-12(11)22(27)31)15(24)8-14(17)23(32)34-10-18(28)26-20-13(19(25)29)6-7-35-20/h2-9H,10H2,1H3,(H2,25,29)(H,26,28). The van der Waals surface area contributed by atoms with Gasteiger partial charge in [-0.05, 0) is 29.6 Å². The maximum absolute atomic E-state index is 12.8. The smallest absolute Gasteiger partial charge is 0.342 e. The summed E-state index contributed by atoms with van der Waals surface area (Å²) >= 11 is 7.41. The predicted octanol–water partition coefficient (Wildman–Crippen LogP) is 3.11. The highest BCUT2D eigenvalue weighted by atomic mass is 35.5. The quantitative estimate of drug-likeness (QED) is 0.364. The Morgan fingerprint density at radius 3 is 2.31 bits per heavy atom. The Hall–Kier alpha value is -4.22. The lowest BCUT2D eigenvalue weighted by Gasteiger charge is -2.18. The molecule has 1 aliphatic rings. The van der Waals surface area contributed by atoms with Crippen molar-refractivity contribution in [2.45, 2.75) is 0 Å². The Morgan fingerprint density at radius 1 is 1.06 bits per heavy atom. The summed E-state index contributed by atoms with van der Waals surface area (Å²) in [5, 5.41) is 4.16. The second-order valence-corrected chi connectivity index (χ2v) is 8.47. The maximum atomic E-state index is 12.8. The number of hydrogen-bond donors (Lipinski definition) is 2. The number of rotatable bonds is 7. The minimum atomic E-state index is -0.936. The summed E-state index contributed by atoms with van der Waals surface area (Å²) in [7, 11) is 1.28. The first-order valence-electron chi connectivity index (χ1n) is 9.92. The van der Waals surface area contributed by atoms with Gasteiger partial charge in [0.15, 0.2) is 6.61 Å². The first-order valence-corrected chi connectivity index (χ1v) is 11.2. The zero-order chi connectivity index (χ0) is 25.3. The molecule has 0 fully saturated rings. The largest absolute Gasteiger partial charge is 0.496 e. The number of fused-ring (bicyclic) bond motifs is 1. The molecule has 12 heteroatoms. The predicted molar refractivity (Wildman–Crippen MR) is 127 cm³/mol. The average molecular weight is 514 g/mol. The summed E-state index contributed by atoms with van der Waals surface area (Å²) in [6, 6.07) is 10.2. The Bertz CT molecular complexity index is 1370. The first-order chi connectivity index (χ1) is 16.7. The van der Waals surface area contributed by atoms with Gasteiger partial charge in [0.2, 0.25) is 0 Å². The molecule has 0 unspecified atom stereocenters. The van der Waals surface area contributed by atoms with Gasteiger partial charge in [-0.25, -0.2) is 9.69 Å². The Morgan fingerprint density at radius 2 is 1.71 bits per heavy atom. The SMILES string of the molecule is COc1cc(N2C(=O)c3ccccc3C2=O)c(Cl)cc1C(=O)OCC(=O)Nc1sccc1C(N)=O. The number of methoxy groups -OCH3 is 1. The Balaban J connectivity index is 1.51. The van der Waals surface area contributed by atoms with E-state index in [-0.39, 0.29) is 43.7 Å². The number of thiophene rings is 1. The normalized spacial score (nSPS) is 12.3. The number of hydrogen-bond acceptors (Lipinski definition) is 8. The van der Waals surface area contributed by atoms with Crippen LogP contribution in [-0.2, 0) is 9.53 Å². The highest BCUT2D eigenvalue weighted by molar-refractivity contribution is 7.14. The number of esters is 1. The van der Waals surface area contributed by atoms with Gasteiger partial charge in [-0.2, -0.15) is 0 Å². The van der Waals surface area contributed by atoms with E-state index < -0.39 is 36.2 Å². The minimum absolute atomic E-state index is 0.0272. The molecular weight excluding hydrogens is 498 g/mol. The molecule has 1 aliphatic heterocycles. The monoisotopic (exact) mass is 513 g/mol. The number of carbonyl (C=O) groups is 5. The van der Waals surface area contributed by atoms with Crippen LogP contribution in [0.4, 0.5) is 10.7 Å². The molecule has 0 saturated heterocycles. The number of halogens is 1. The van der Waals surface area contributed by atoms with E-state index in [1.807, 2.05) is 0 Å². The van der Waals surface area contributed by atoms with E-state index in [9.17, 15) is 24.0 Å². The molecule has 35 heavy (non-hydrogen) atoms. The third kappa shape index (κ3) is 4.46. The Kier molecular flexibility index (Phi) is 6.54. The van der Waals surface area contributed by atoms with Crippen LogP contribution in [-0.4, -0.2) is 43.3 Å². The van der Waals surface area contributed by atoms with E-state index in [0.29, 0.717) is 0 Å². The average Bonchev–Trinajstić information content (AvgIpc) is 3.40. The molecule has 178 valence electrons. The number of nitrogens with zero attached hydrogens (tertiary/aromatic N) is 1. The van der Waals surface area contributed by atoms with Crippen LogP contribution in [0.3, 0.4) is 0 Å². The second kappa shape index (κ2) is 9.57. The molecule has 0 radical (unpaired) electrons. The fourth-order valence-corrected chi connectivity index (χ4v) is 4.48. The lowest BCUT2D eigenvalue weighted by Crippen LogP contribution is -2.30. The molecule has 2 aromatic carbocycles. The van der Waals surface area contributed by atoms with Gasteiger partial charge < -0.3 is 20.5 Å². The van der Waals surface area contributed by atoms with Crippen LogP contribution in [0.5, 0.6) is 5.75 Å². The summed E-state index contributed by atoms with van der Waals surface area (Å²) in [5.41, 5.74) is 5.73. The van der Waals surface area contributed by atoms with Crippen molar-refractivity contribution in [3.8, 4) is 5.75 Å². The fourth-order valence-electron chi connectivity index (χ4n) is 3.42. The molecule has 0 saturated carbocycles. The van der Waals surface area contributed by atoms with Crippen molar-refractivity contribution in [2.24, 2.45) is 5.73 Å². The summed E-state index contributed by atoms with van der Waals surface area (Å²) in [5.74, 6) is -3.50. The van der Waals surface area contributed by atoms with Crippen LogP contribution in [0.15, 0.2) is 47.8 Å². The molecular formula is C23H16ClN3O7S. The van der Waals surface area contributed by atoms with E-state index >= 15 is 0 Å². The second-order valence-electron chi connectivity index (χ2n) is 7.15. The zero-order valence-corrected chi connectivity index (χ0v) is 19.6. The molecule has 3 N–H and O–H groups in total. The van der Waals surface area contributed by atoms with Crippen molar-refractivity contribution in [1.82, 2.24) is 0 Å². The van der Waals surface area contributed by atoms with Gasteiger partial charge in [-0.3, -0.25) is 19.2 Å². The van der Waals surface area contributed by atoms with Crippen LogP contribution in [0.1, 0.15) is 41.4 Å². The molecule has 3 aromatic rings. The molecule has 0 spiro atoms. The molecule has 0 aliphatic carbocycles. The van der Waals surface area contributed by atoms with Crippen LogP contribution >= 0.6 is 22.9 Å². The summed E-state index contributed by atoms with van der Waals surface area (Å²) in [4.78, 5) is 62.7. The van der Waals surface area contributed by atoms with Crippen molar-refractivity contribution >= 4 is 63.2 Å². The van der Waals surface area contributed by atoms with Crippen molar-refractivity contribution in [3.05, 3.63) is 75.1 Å². The maximum Gasteiger partial charge on any atom is 0.342 e. The van der Waals surface area contributed by atoms with Gasteiger partial charge in [0.1, 0.15) is 16.3 Å². The van der Waals surface area contributed by atoms with Crippen molar-refractivity contribution in [1.29, 1.82) is 0 Å². The van der Waals surface area contributed by atoms with Gasteiger partial charge in [-0.1, -0.05) is 23.7 Å². The van der Waals surface area contributed by atoms with Crippen LogP contribution in [0, 0.1) is 0 Å². The van der Waals surface area contributed by atoms with Crippen molar-refractivity contribution in [2.75, 3.05) is 23.9 Å². The number of carbonyl (C=O) groups excluding carboxylic acids is 5. The van der Waals surface area contributed by atoms with Crippen LogP contribution in [0.25, 0.3) is 0 Å². The number of nitrogens with two attached hydrogens (primary N) is 1. The zero-order valence-electron chi connectivity index (χ0n) is 18.0. The lowest BCUT2D eigenvalue weighted by molar-refractivity contribution is -0.119. The lowest BCUT2D eigenvalue weighted by atomic mass is 10.1. The number of nitrogens with one attached hydrogen (secondary N) is 1. The van der Waals surface area contributed by atoms with Crippen LogP contribution < -0.4 is 20.7 Å². The number of amides is 4. The van der Waals surface area contributed by atoms with Gasteiger partial charge in [0.25, 0.3) is 23.6 Å². The molecule has 1 aromatic heterocycles. The highest BCUT2D eigenvalue weighted by Gasteiger charge is 2.38. The van der Waals surface area contributed by atoms with Gasteiger partial charge >= 0.3 is 5.97 Å². The summed E-state index contributed by atoms with van der Waals surface area (Å²) < 4.78 is 10.3. The highest BCUT2D eigenvalue weighted by Crippen LogP contribution is 2.38. The first kappa shape index (κ1) is 23.9. The number of anilines is 2. The van der Waals surface area contributed by atoms with E-state index in [0.717, 1.165) is 16.2 Å². The summed E-state index contributed by atoms with van der Waals surface area (Å²) in [6.45, 7) is -0.671. The van der Waals surface area contributed by atoms with Crippen molar-refractivity contribution in [3.63, 3.8) is 0 Å². The number of primary amides is 1. The van der Waals surface area contributed by atoms with E-state index in [1.54, 1.807) is 17.5 Å². The molecule has 2 heterocycles. The number of imide groups is 1. The fraction of sp³-hybridized carbons (Fsp3) is 0.0870. The molecule has 0 bridgehead atoms. The van der Waals surface area contributed by atoms with E-state index in [4.69, 9.17) is 26.8 Å². The third-order valence-electron chi connectivity index (χ3n) is 5.04. The van der Waals surface area contributed by atoms with E-state index in [2.05, 4.69) is 5.32 Å². The van der Waals surface area contributed by atoms with Gasteiger partial charge in [-0.15, -0.1) is 11.3 Å². The van der Waals surface area contributed by atoms with Crippen molar-refractivity contribution < 1.29 is 33.4 Å². The number of benzene rings is 2. The molecule has 10 nitrogen and oxygen atoms in total. The molecule has 0 atom stereocenters. The Labute approximate surface area is 207 Å². The topological polar surface area (TPSA) is 145 Å².